The van der Waals surface area contributed by atoms with Crippen molar-refractivity contribution in [1.29, 1.82) is 0 Å². The van der Waals surface area contributed by atoms with Crippen molar-refractivity contribution in [3.63, 3.8) is 0 Å². The van der Waals surface area contributed by atoms with E-state index in [1.54, 1.807) is 18.2 Å². The van der Waals surface area contributed by atoms with Gasteiger partial charge in [-0.2, -0.15) is 0 Å². The van der Waals surface area contributed by atoms with Gasteiger partial charge < -0.3 is 19.5 Å². The Bertz CT molecular complexity index is 820. The van der Waals surface area contributed by atoms with Crippen molar-refractivity contribution in [2.75, 3.05) is 12.1 Å². The fourth-order valence-corrected chi connectivity index (χ4v) is 2.70. The lowest BCUT2D eigenvalue weighted by atomic mass is 10.2. The largest absolute Gasteiger partial charge is 0.454 e. The molecule has 1 aliphatic heterocycles. The van der Waals surface area contributed by atoms with Crippen LogP contribution in [-0.2, 0) is 9.53 Å². The van der Waals surface area contributed by atoms with Gasteiger partial charge in [-0.15, -0.1) is 0 Å². The molecule has 2 aromatic rings. The van der Waals surface area contributed by atoms with Gasteiger partial charge in [0.1, 0.15) is 0 Å². The molecule has 2 aromatic carbocycles. The van der Waals surface area contributed by atoms with Crippen LogP contribution in [0.2, 0.25) is 10.0 Å². The number of hydrogen-bond donors (Lipinski definition) is 1. The molecule has 0 saturated heterocycles. The first-order valence-corrected chi connectivity index (χ1v) is 8.05. The van der Waals surface area contributed by atoms with E-state index in [-0.39, 0.29) is 12.4 Å². The summed E-state index contributed by atoms with van der Waals surface area (Å²) in [5.41, 5.74) is 0.670. The third-order valence-electron chi connectivity index (χ3n) is 3.39. The predicted molar refractivity (Wildman–Crippen MR) is 92.5 cm³/mol. The molecule has 1 heterocycles. The highest BCUT2D eigenvalue weighted by Crippen LogP contribution is 2.34. The molecule has 130 valence electrons. The van der Waals surface area contributed by atoms with E-state index in [0.29, 0.717) is 27.2 Å². The Hall–Kier alpha value is -2.44. The molecule has 1 N–H and O–H groups in total. The summed E-state index contributed by atoms with van der Waals surface area (Å²) in [4.78, 5) is 24.3. The highest BCUT2D eigenvalue weighted by atomic mass is 35.5. The van der Waals surface area contributed by atoms with Gasteiger partial charge in [0, 0.05) is 21.8 Å². The van der Waals surface area contributed by atoms with Crippen LogP contribution >= 0.6 is 23.2 Å². The molecular formula is C17H13Cl2NO5. The number of carbonyl (C=O) groups is 2. The minimum absolute atomic E-state index is 0.142. The summed E-state index contributed by atoms with van der Waals surface area (Å²) >= 11 is 11.7. The van der Waals surface area contributed by atoms with Crippen LogP contribution in [0.1, 0.15) is 17.3 Å². The van der Waals surface area contributed by atoms with Crippen LogP contribution in [-0.4, -0.2) is 24.8 Å². The molecule has 0 spiro atoms. The standard InChI is InChI=1S/C17H13Cl2NO5/c1-9(25-17(22)10-4-11(18)6-12(19)5-10)16(21)20-13-2-3-14-15(7-13)24-8-23-14/h2-7,9H,8H2,1H3,(H,20,21)/t9-/m0/s1. The van der Waals surface area contributed by atoms with Gasteiger partial charge in [-0.05, 0) is 37.3 Å². The summed E-state index contributed by atoms with van der Waals surface area (Å²) in [5, 5.41) is 3.25. The number of anilines is 1. The fourth-order valence-electron chi connectivity index (χ4n) is 2.17. The summed E-state index contributed by atoms with van der Waals surface area (Å²) in [6.07, 6.45) is -1.02. The van der Waals surface area contributed by atoms with E-state index in [1.807, 2.05) is 0 Å². The number of amides is 1. The lowest BCUT2D eigenvalue weighted by molar-refractivity contribution is -0.123. The van der Waals surface area contributed by atoms with Gasteiger partial charge in [0.05, 0.1) is 5.56 Å². The third-order valence-corrected chi connectivity index (χ3v) is 3.83. The summed E-state index contributed by atoms with van der Waals surface area (Å²) in [6.45, 7) is 1.61. The van der Waals surface area contributed by atoms with E-state index in [9.17, 15) is 9.59 Å². The van der Waals surface area contributed by atoms with Crippen molar-refractivity contribution >= 4 is 40.8 Å². The average molecular weight is 382 g/mol. The normalized spacial score (nSPS) is 13.2. The third kappa shape index (κ3) is 4.15. The first kappa shape index (κ1) is 17.4. The van der Waals surface area contributed by atoms with Gasteiger partial charge in [0.15, 0.2) is 17.6 Å². The molecule has 0 aliphatic carbocycles. The summed E-state index contributed by atoms with van der Waals surface area (Å²) < 4.78 is 15.6. The van der Waals surface area contributed by atoms with E-state index in [0.717, 1.165) is 0 Å². The molecule has 0 fully saturated rings. The van der Waals surface area contributed by atoms with Crippen LogP contribution in [0.4, 0.5) is 5.69 Å². The predicted octanol–water partition coefficient (Wildman–Crippen LogP) is 3.91. The number of carbonyl (C=O) groups excluding carboxylic acids is 2. The molecule has 25 heavy (non-hydrogen) atoms. The molecule has 1 aliphatic rings. The summed E-state index contributed by atoms with van der Waals surface area (Å²) in [5.74, 6) is -0.0376. The van der Waals surface area contributed by atoms with Gasteiger partial charge in [-0.25, -0.2) is 4.79 Å². The highest BCUT2D eigenvalue weighted by Gasteiger charge is 2.21. The number of fused-ring (bicyclic) bond motifs is 1. The van der Waals surface area contributed by atoms with Crippen molar-refractivity contribution in [2.24, 2.45) is 0 Å². The van der Waals surface area contributed by atoms with Crippen LogP contribution < -0.4 is 14.8 Å². The molecule has 0 bridgehead atoms. The Kier molecular flexibility index (Phi) is 5.01. The Morgan fingerprint density at radius 3 is 2.48 bits per heavy atom. The number of halogens is 2. The number of ether oxygens (including phenoxy) is 3. The van der Waals surface area contributed by atoms with Gasteiger partial charge in [0.25, 0.3) is 5.91 Å². The number of nitrogens with one attached hydrogen (secondary N) is 1. The Labute approximate surface area is 153 Å². The molecule has 0 saturated carbocycles. The summed E-state index contributed by atoms with van der Waals surface area (Å²) in [7, 11) is 0. The van der Waals surface area contributed by atoms with Crippen molar-refractivity contribution < 1.29 is 23.8 Å². The maximum Gasteiger partial charge on any atom is 0.339 e. The molecule has 6 nitrogen and oxygen atoms in total. The second-order valence-corrected chi connectivity index (χ2v) is 6.14. The maximum atomic E-state index is 12.2. The smallest absolute Gasteiger partial charge is 0.339 e. The summed E-state index contributed by atoms with van der Waals surface area (Å²) in [6, 6.07) is 9.30. The van der Waals surface area contributed by atoms with Crippen molar-refractivity contribution in [1.82, 2.24) is 0 Å². The number of benzene rings is 2. The molecule has 1 amide bonds. The highest BCUT2D eigenvalue weighted by molar-refractivity contribution is 6.35. The zero-order valence-corrected chi connectivity index (χ0v) is 14.6. The van der Waals surface area contributed by atoms with E-state index >= 15 is 0 Å². The molecule has 1 atom stereocenters. The maximum absolute atomic E-state index is 12.2. The lowest BCUT2D eigenvalue weighted by Gasteiger charge is -2.14. The van der Waals surface area contributed by atoms with Crippen molar-refractivity contribution in [3.8, 4) is 11.5 Å². The van der Waals surface area contributed by atoms with E-state index in [1.165, 1.54) is 25.1 Å². The van der Waals surface area contributed by atoms with E-state index in [4.69, 9.17) is 37.4 Å². The second kappa shape index (κ2) is 7.21. The Morgan fingerprint density at radius 1 is 1.08 bits per heavy atom. The van der Waals surface area contributed by atoms with Crippen LogP contribution in [0.15, 0.2) is 36.4 Å². The second-order valence-electron chi connectivity index (χ2n) is 5.26. The zero-order chi connectivity index (χ0) is 18.0. The number of esters is 1. The monoisotopic (exact) mass is 381 g/mol. The van der Waals surface area contributed by atoms with E-state index < -0.39 is 18.0 Å². The molecule has 0 aromatic heterocycles. The number of rotatable bonds is 4. The fraction of sp³-hybridized carbons (Fsp3) is 0.176. The molecule has 0 radical (unpaired) electrons. The minimum atomic E-state index is -1.02. The molecular weight excluding hydrogens is 369 g/mol. The zero-order valence-electron chi connectivity index (χ0n) is 13.0. The van der Waals surface area contributed by atoms with Gasteiger partial charge in [0.2, 0.25) is 6.79 Å². The first-order valence-electron chi connectivity index (χ1n) is 7.30. The quantitative estimate of drug-likeness (QED) is 0.812. The van der Waals surface area contributed by atoms with Gasteiger partial charge >= 0.3 is 5.97 Å². The first-order chi connectivity index (χ1) is 11.9. The average Bonchev–Trinajstić information content (AvgIpc) is 3.01. The minimum Gasteiger partial charge on any atom is -0.454 e. The molecule has 0 unspecified atom stereocenters. The molecule has 3 rings (SSSR count). The van der Waals surface area contributed by atoms with Crippen LogP contribution in [0.3, 0.4) is 0 Å². The van der Waals surface area contributed by atoms with Crippen LogP contribution in [0.25, 0.3) is 0 Å². The Balaban J connectivity index is 1.63. The van der Waals surface area contributed by atoms with Gasteiger partial charge in [-0.3, -0.25) is 4.79 Å². The van der Waals surface area contributed by atoms with Crippen molar-refractivity contribution in [3.05, 3.63) is 52.0 Å². The van der Waals surface area contributed by atoms with Crippen LogP contribution in [0.5, 0.6) is 11.5 Å². The lowest BCUT2D eigenvalue weighted by Crippen LogP contribution is -2.30. The SMILES string of the molecule is C[C@H](OC(=O)c1cc(Cl)cc(Cl)c1)C(=O)Nc1ccc2c(c1)OCO2. The van der Waals surface area contributed by atoms with Crippen molar-refractivity contribution in [2.45, 2.75) is 13.0 Å². The Morgan fingerprint density at radius 2 is 1.76 bits per heavy atom. The topological polar surface area (TPSA) is 73.9 Å². The van der Waals surface area contributed by atoms with E-state index in [2.05, 4.69) is 5.32 Å². The molecule has 8 heteroatoms. The number of hydrogen-bond acceptors (Lipinski definition) is 5. The van der Waals surface area contributed by atoms with Crippen LogP contribution in [0, 0.1) is 0 Å². The van der Waals surface area contributed by atoms with Gasteiger partial charge in [-0.1, -0.05) is 23.2 Å².